The van der Waals surface area contributed by atoms with Gasteiger partial charge in [0.15, 0.2) is 0 Å². The third-order valence-electron chi connectivity index (χ3n) is 2.72. The Hall–Kier alpha value is -1.31. The van der Waals surface area contributed by atoms with Crippen molar-refractivity contribution in [1.29, 1.82) is 0 Å². The Morgan fingerprint density at radius 1 is 1.06 bits per heavy atom. The van der Waals surface area contributed by atoms with Gasteiger partial charge in [0.25, 0.3) is 0 Å². The molecular weight excluding hydrogens is 230 g/mol. The van der Waals surface area contributed by atoms with Crippen LogP contribution >= 0.6 is 11.6 Å². The van der Waals surface area contributed by atoms with Crippen LogP contribution < -0.4 is 5.32 Å². The number of benzene rings is 2. The van der Waals surface area contributed by atoms with Gasteiger partial charge in [0.05, 0.1) is 0 Å². The molecule has 0 aliphatic carbocycles. The highest BCUT2D eigenvalue weighted by atomic mass is 35.5. The minimum absolute atomic E-state index is 0.778. The van der Waals surface area contributed by atoms with Crippen LogP contribution in [-0.4, -0.2) is 6.54 Å². The van der Waals surface area contributed by atoms with Crippen molar-refractivity contribution in [1.82, 2.24) is 5.32 Å². The largest absolute Gasteiger partial charge is 0.313 e. The average molecular weight is 246 g/mol. The molecule has 0 atom stereocenters. The van der Waals surface area contributed by atoms with Crippen LogP contribution in [0.4, 0.5) is 0 Å². The maximum Gasteiger partial charge on any atom is 0.0412 e. The Balaban J connectivity index is 2.37. The van der Waals surface area contributed by atoms with Gasteiger partial charge in [-0.05, 0) is 35.4 Å². The van der Waals surface area contributed by atoms with E-state index in [1.54, 1.807) is 0 Å². The van der Waals surface area contributed by atoms with Crippen molar-refractivity contribution in [3.8, 4) is 11.1 Å². The van der Waals surface area contributed by atoms with Gasteiger partial charge in [-0.2, -0.15) is 0 Å². The number of halogens is 1. The van der Waals surface area contributed by atoms with Crippen LogP contribution in [-0.2, 0) is 6.54 Å². The molecule has 0 unspecified atom stereocenters. The van der Waals surface area contributed by atoms with E-state index in [4.69, 9.17) is 11.6 Å². The zero-order chi connectivity index (χ0) is 12.1. The van der Waals surface area contributed by atoms with Crippen molar-refractivity contribution in [3.63, 3.8) is 0 Å². The fraction of sp³-hybridized carbons (Fsp3) is 0.200. The second-order valence-corrected chi connectivity index (χ2v) is 4.38. The van der Waals surface area contributed by atoms with Gasteiger partial charge in [0.1, 0.15) is 0 Å². The third kappa shape index (κ3) is 3.09. The normalized spacial score (nSPS) is 10.5. The molecule has 0 saturated carbocycles. The van der Waals surface area contributed by atoms with Crippen LogP contribution in [0.3, 0.4) is 0 Å². The predicted molar refractivity (Wildman–Crippen MR) is 74.3 cm³/mol. The Morgan fingerprint density at radius 2 is 1.88 bits per heavy atom. The molecule has 0 amide bonds. The summed E-state index contributed by atoms with van der Waals surface area (Å²) in [6.07, 6.45) is 0. The Bertz CT molecular complexity index is 494. The summed E-state index contributed by atoms with van der Waals surface area (Å²) in [4.78, 5) is 0. The maximum atomic E-state index is 6.04. The van der Waals surface area contributed by atoms with Crippen LogP contribution in [0, 0.1) is 0 Å². The van der Waals surface area contributed by atoms with Crippen molar-refractivity contribution in [2.24, 2.45) is 0 Å². The van der Waals surface area contributed by atoms with Crippen molar-refractivity contribution in [2.45, 2.75) is 13.5 Å². The molecular formula is C15H16ClN. The van der Waals surface area contributed by atoms with Gasteiger partial charge in [0.2, 0.25) is 0 Å². The van der Waals surface area contributed by atoms with Crippen LogP contribution in [0.2, 0.25) is 5.02 Å². The fourth-order valence-electron chi connectivity index (χ4n) is 1.87. The molecule has 88 valence electrons. The smallest absolute Gasteiger partial charge is 0.0412 e. The molecule has 2 rings (SSSR count). The summed E-state index contributed by atoms with van der Waals surface area (Å²) in [5, 5.41) is 4.13. The third-order valence-corrected chi connectivity index (χ3v) is 2.95. The molecule has 17 heavy (non-hydrogen) atoms. The highest BCUT2D eigenvalue weighted by Crippen LogP contribution is 2.25. The summed E-state index contributed by atoms with van der Waals surface area (Å²) in [5.41, 5.74) is 3.72. The first kappa shape index (κ1) is 12.2. The Morgan fingerprint density at radius 3 is 2.65 bits per heavy atom. The van der Waals surface area contributed by atoms with Crippen LogP contribution in [0.15, 0.2) is 48.5 Å². The Labute approximate surface area is 107 Å². The minimum Gasteiger partial charge on any atom is -0.313 e. The van der Waals surface area contributed by atoms with Gasteiger partial charge >= 0.3 is 0 Å². The molecule has 0 heterocycles. The molecule has 0 spiro atoms. The second kappa shape index (κ2) is 5.85. The van der Waals surface area contributed by atoms with E-state index in [0.29, 0.717) is 0 Å². The summed E-state index contributed by atoms with van der Waals surface area (Å²) in [6, 6.07) is 16.4. The lowest BCUT2D eigenvalue weighted by Gasteiger charge is -2.10. The van der Waals surface area contributed by atoms with Crippen molar-refractivity contribution >= 4 is 11.6 Å². The Kier molecular flexibility index (Phi) is 4.18. The molecule has 0 saturated heterocycles. The lowest BCUT2D eigenvalue weighted by molar-refractivity contribution is 0.728. The zero-order valence-corrected chi connectivity index (χ0v) is 10.7. The molecule has 0 aliphatic heterocycles. The molecule has 0 bridgehead atoms. The van der Waals surface area contributed by atoms with E-state index in [1.165, 1.54) is 16.7 Å². The summed E-state index contributed by atoms with van der Waals surface area (Å²) in [7, 11) is 0. The molecule has 1 N–H and O–H groups in total. The number of nitrogens with one attached hydrogen (secondary N) is 1. The van der Waals surface area contributed by atoms with Crippen molar-refractivity contribution in [2.75, 3.05) is 6.54 Å². The number of hydrogen-bond acceptors (Lipinski definition) is 1. The van der Waals surface area contributed by atoms with E-state index in [1.807, 2.05) is 18.2 Å². The van der Waals surface area contributed by atoms with E-state index in [-0.39, 0.29) is 0 Å². The molecule has 0 aromatic heterocycles. The van der Waals surface area contributed by atoms with E-state index < -0.39 is 0 Å². The lowest BCUT2D eigenvalue weighted by Crippen LogP contribution is -2.12. The maximum absolute atomic E-state index is 6.04. The summed E-state index contributed by atoms with van der Waals surface area (Å²) in [6.45, 7) is 3.98. The molecule has 2 aromatic carbocycles. The lowest BCUT2D eigenvalue weighted by atomic mass is 10.00. The van der Waals surface area contributed by atoms with Gasteiger partial charge in [0, 0.05) is 11.6 Å². The van der Waals surface area contributed by atoms with Gasteiger partial charge in [-0.15, -0.1) is 0 Å². The van der Waals surface area contributed by atoms with Gasteiger partial charge < -0.3 is 5.32 Å². The van der Waals surface area contributed by atoms with Crippen molar-refractivity contribution < 1.29 is 0 Å². The van der Waals surface area contributed by atoms with Gasteiger partial charge in [-0.3, -0.25) is 0 Å². The first-order chi connectivity index (χ1) is 8.31. The minimum atomic E-state index is 0.778. The molecule has 0 fully saturated rings. The topological polar surface area (TPSA) is 12.0 Å². The second-order valence-electron chi connectivity index (χ2n) is 3.95. The van der Waals surface area contributed by atoms with Gasteiger partial charge in [-0.25, -0.2) is 0 Å². The van der Waals surface area contributed by atoms with E-state index >= 15 is 0 Å². The van der Waals surface area contributed by atoms with E-state index in [0.717, 1.165) is 18.1 Å². The highest BCUT2D eigenvalue weighted by Gasteiger charge is 2.04. The molecule has 0 radical (unpaired) electrons. The molecule has 2 aromatic rings. The van der Waals surface area contributed by atoms with E-state index in [2.05, 4.69) is 42.6 Å². The zero-order valence-electron chi connectivity index (χ0n) is 9.91. The fourth-order valence-corrected chi connectivity index (χ4v) is 2.06. The average Bonchev–Trinajstić information content (AvgIpc) is 2.37. The van der Waals surface area contributed by atoms with Crippen LogP contribution in [0.25, 0.3) is 11.1 Å². The molecule has 0 aliphatic rings. The SMILES string of the molecule is CCNCc1ccccc1-c1cccc(Cl)c1. The van der Waals surface area contributed by atoms with Crippen LogP contribution in [0.5, 0.6) is 0 Å². The number of rotatable bonds is 4. The summed E-state index contributed by atoms with van der Waals surface area (Å²) < 4.78 is 0. The first-order valence-corrected chi connectivity index (χ1v) is 6.23. The summed E-state index contributed by atoms with van der Waals surface area (Å²) in [5.74, 6) is 0. The molecule has 2 heteroatoms. The van der Waals surface area contributed by atoms with Crippen LogP contribution in [0.1, 0.15) is 12.5 Å². The van der Waals surface area contributed by atoms with E-state index in [9.17, 15) is 0 Å². The summed E-state index contributed by atoms with van der Waals surface area (Å²) >= 11 is 6.04. The monoisotopic (exact) mass is 245 g/mol. The standard InChI is InChI=1S/C15H16ClN/c1-2-17-11-13-6-3-4-9-15(13)12-7-5-8-14(16)10-12/h3-10,17H,2,11H2,1H3. The molecule has 1 nitrogen and oxygen atoms in total. The van der Waals surface area contributed by atoms with Gasteiger partial charge in [-0.1, -0.05) is 54.9 Å². The highest BCUT2D eigenvalue weighted by molar-refractivity contribution is 6.30. The number of hydrogen-bond donors (Lipinski definition) is 1. The first-order valence-electron chi connectivity index (χ1n) is 5.86. The predicted octanol–water partition coefficient (Wildman–Crippen LogP) is 4.12. The quantitative estimate of drug-likeness (QED) is 0.855. The van der Waals surface area contributed by atoms with Crippen molar-refractivity contribution in [3.05, 3.63) is 59.1 Å².